The van der Waals surface area contributed by atoms with Crippen molar-refractivity contribution in [1.29, 1.82) is 0 Å². The lowest BCUT2D eigenvalue weighted by atomic mass is 10.0. The summed E-state index contributed by atoms with van der Waals surface area (Å²) in [5, 5.41) is 7.46. The third-order valence-electron chi connectivity index (χ3n) is 11.5. The lowest BCUT2D eigenvalue weighted by Gasteiger charge is -2.13. The Morgan fingerprint density at radius 3 is 1.48 bits per heavy atom. The standard InChI is InChI=1S/C53H33N5/c1-3-14-35(15-4-1)51-54-52(36-16-5-2-6-17-36)56-53(55-51)39-20-13-19-37(30-39)34-26-28-40(29-27-34)57-47-25-12-10-23-43(47)45-33-50-44(32-49(45)57)41-21-8-9-22-42(41)48-31-38-18-7-11-24-46(38)58(48)50/h1-33H. The molecule has 0 amide bonds. The van der Waals surface area contributed by atoms with Crippen LogP contribution in [0.4, 0.5) is 0 Å². The Morgan fingerprint density at radius 1 is 0.276 bits per heavy atom. The van der Waals surface area contributed by atoms with Crippen molar-refractivity contribution in [2.45, 2.75) is 0 Å². The number of nitrogens with zero attached hydrogens (tertiary/aromatic N) is 5. The Kier molecular flexibility index (Phi) is 7.16. The third kappa shape index (κ3) is 5.07. The summed E-state index contributed by atoms with van der Waals surface area (Å²) in [6.45, 7) is 0. The molecule has 0 fully saturated rings. The summed E-state index contributed by atoms with van der Waals surface area (Å²) in [5.74, 6) is 1.94. The molecule has 0 aliphatic rings. The normalized spacial score (nSPS) is 11.8. The zero-order valence-corrected chi connectivity index (χ0v) is 31.3. The number of para-hydroxylation sites is 2. The molecule has 0 aliphatic carbocycles. The second kappa shape index (κ2) is 12.8. The van der Waals surface area contributed by atoms with Crippen LogP contribution >= 0.6 is 0 Å². The van der Waals surface area contributed by atoms with Crippen LogP contribution in [0.3, 0.4) is 0 Å². The first-order valence-electron chi connectivity index (χ1n) is 19.6. The van der Waals surface area contributed by atoms with E-state index in [1.807, 2.05) is 60.7 Å². The number of rotatable bonds is 5. The lowest BCUT2D eigenvalue weighted by molar-refractivity contribution is 1.07. The lowest BCUT2D eigenvalue weighted by Crippen LogP contribution is -2.00. The molecule has 0 atom stereocenters. The van der Waals surface area contributed by atoms with E-state index in [1.165, 1.54) is 59.9 Å². The largest absolute Gasteiger partial charge is 0.309 e. The van der Waals surface area contributed by atoms with Crippen LogP contribution in [-0.4, -0.2) is 23.9 Å². The molecule has 0 spiro atoms. The third-order valence-corrected chi connectivity index (χ3v) is 11.5. The van der Waals surface area contributed by atoms with Gasteiger partial charge in [-0.25, -0.2) is 15.0 Å². The summed E-state index contributed by atoms with van der Waals surface area (Å²) < 4.78 is 4.86. The van der Waals surface area contributed by atoms with Crippen LogP contribution < -0.4 is 0 Å². The molecule has 270 valence electrons. The molecule has 5 heteroatoms. The van der Waals surface area contributed by atoms with E-state index in [4.69, 9.17) is 15.0 Å². The van der Waals surface area contributed by atoms with Crippen molar-refractivity contribution in [2.24, 2.45) is 0 Å². The maximum absolute atomic E-state index is 4.98. The van der Waals surface area contributed by atoms with E-state index in [2.05, 4.69) is 148 Å². The molecule has 0 unspecified atom stereocenters. The van der Waals surface area contributed by atoms with Gasteiger partial charge in [-0.05, 0) is 65.0 Å². The van der Waals surface area contributed by atoms with Crippen molar-refractivity contribution in [3.05, 3.63) is 200 Å². The van der Waals surface area contributed by atoms with Gasteiger partial charge < -0.3 is 8.97 Å². The van der Waals surface area contributed by atoms with E-state index in [-0.39, 0.29) is 0 Å². The van der Waals surface area contributed by atoms with E-state index in [9.17, 15) is 0 Å². The molecule has 5 nitrogen and oxygen atoms in total. The molecule has 0 radical (unpaired) electrons. The maximum atomic E-state index is 4.98. The summed E-state index contributed by atoms with van der Waals surface area (Å²) in [5.41, 5.74) is 12.2. The van der Waals surface area contributed by atoms with E-state index in [0.29, 0.717) is 17.5 Å². The summed E-state index contributed by atoms with van der Waals surface area (Å²) >= 11 is 0. The number of pyridine rings is 1. The van der Waals surface area contributed by atoms with Crippen LogP contribution in [-0.2, 0) is 0 Å². The SMILES string of the molecule is c1ccc(-c2nc(-c3ccccc3)nc(-c3cccc(-c4ccc(-n5c6ccccc6c6cc7c(cc65)c5ccccc5c5cc6ccccc6n57)cc4)c3)n2)cc1. The number of hydrogen-bond donors (Lipinski definition) is 0. The minimum absolute atomic E-state index is 0.640. The van der Waals surface area contributed by atoms with Gasteiger partial charge in [0.15, 0.2) is 17.5 Å². The van der Waals surface area contributed by atoms with Crippen LogP contribution in [0.5, 0.6) is 0 Å². The zero-order chi connectivity index (χ0) is 38.2. The highest BCUT2D eigenvalue weighted by molar-refractivity contribution is 6.21. The topological polar surface area (TPSA) is 48.0 Å². The van der Waals surface area contributed by atoms with Crippen molar-refractivity contribution in [1.82, 2.24) is 23.9 Å². The Bertz CT molecular complexity index is 3490. The van der Waals surface area contributed by atoms with Gasteiger partial charge in [-0.2, -0.15) is 0 Å². The van der Waals surface area contributed by atoms with Crippen molar-refractivity contribution in [3.8, 4) is 51.0 Å². The monoisotopic (exact) mass is 739 g/mol. The van der Waals surface area contributed by atoms with E-state index in [0.717, 1.165) is 33.5 Å². The van der Waals surface area contributed by atoms with Crippen LogP contribution in [0.25, 0.3) is 111 Å². The number of benzene rings is 8. The smallest absolute Gasteiger partial charge is 0.164 e. The minimum atomic E-state index is 0.640. The van der Waals surface area contributed by atoms with Crippen LogP contribution in [0.1, 0.15) is 0 Å². The molecule has 58 heavy (non-hydrogen) atoms. The molecular weight excluding hydrogens is 707 g/mol. The fourth-order valence-electron chi connectivity index (χ4n) is 8.81. The molecule has 0 saturated heterocycles. The first-order chi connectivity index (χ1) is 28.7. The minimum Gasteiger partial charge on any atom is -0.309 e. The molecule has 4 heterocycles. The second-order valence-electron chi connectivity index (χ2n) is 14.9. The molecule has 12 rings (SSSR count). The average Bonchev–Trinajstić information content (AvgIpc) is 3.85. The Morgan fingerprint density at radius 2 is 0.776 bits per heavy atom. The summed E-state index contributed by atoms with van der Waals surface area (Å²) in [6, 6.07) is 71.0. The molecule has 8 aromatic carbocycles. The molecule has 4 aromatic heterocycles. The van der Waals surface area contributed by atoms with E-state index < -0.39 is 0 Å². The van der Waals surface area contributed by atoms with E-state index in [1.54, 1.807) is 0 Å². The van der Waals surface area contributed by atoms with Gasteiger partial charge in [-0.3, -0.25) is 0 Å². The van der Waals surface area contributed by atoms with Gasteiger partial charge in [-0.15, -0.1) is 0 Å². The highest BCUT2D eigenvalue weighted by Gasteiger charge is 2.18. The molecular formula is C53H33N5. The second-order valence-corrected chi connectivity index (χ2v) is 14.9. The fourth-order valence-corrected chi connectivity index (χ4v) is 8.81. The maximum Gasteiger partial charge on any atom is 0.164 e. The van der Waals surface area contributed by atoms with Crippen LogP contribution in [0.2, 0.25) is 0 Å². The predicted molar refractivity (Wildman–Crippen MR) is 239 cm³/mol. The van der Waals surface area contributed by atoms with Gasteiger partial charge in [0, 0.05) is 49.3 Å². The van der Waals surface area contributed by atoms with Gasteiger partial charge >= 0.3 is 0 Å². The number of hydrogen-bond acceptors (Lipinski definition) is 3. The average molecular weight is 740 g/mol. The van der Waals surface area contributed by atoms with Crippen molar-refractivity contribution in [3.63, 3.8) is 0 Å². The Balaban J connectivity index is 0.997. The number of fused-ring (bicyclic) bond motifs is 11. The zero-order valence-electron chi connectivity index (χ0n) is 31.3. The molecule has 0 bridgehead atoms. The summed E-state index contributed by atoms with van der Waals surface area (Å²) in [4.78, 5) is 14.8. The van der Waals surface area contributed by atoms with Crippen molar-refractivity contribution < 1.29 is 0 Å². The first kappa shape index (κ1) is 32.4. The first-order valence-corrected chi connectivity index (χ1v) is 19.6. The molecule has 0 aliphatic heterocycles. The molecule has 0 saturated carbocycles. The highest BCUT2D eigenvalue weighted by Crippen LogP contribution is 2.40. The van der Waals surface area contributed by atoms with Crippen LogP contribution in [0, 0.1) is 0 Å². The number of aromatic nitrogens is 5. The van der Waals surface area contributed by atoms with E-state index >= 15 is 0 Å². The highest BCUT2D eigenvalue weighted by atomic mass is 15.0. The summed E-state index contributed by atoms with van der Waals surface area (Å²) in [6.07, 6.45) is 0. The van der Waals surface area contributed by atoms with Gasteiger partial charge in [0.1, 0.15) is 0 Å². The predicted octanol–water partition coefficient (Wildman–Crippen LogP) is 13.3. The molecule has 0 N–H and O–H groups in total. The van der Waals surface area contributed by atoms with Gasteiger partial charge in [0.25, 0.3) is 0 Å². The van der Waals surface area contributed by atoms with Gasteiger partial charge in [0.2, 0.25) is 0 Å². The van der Waals surface area contributed by atoms with Crippen molar-refractivity contribution >= 4 is 59.9 Å². The molecule has 12 aromatic rings. The van der Waals surface area contributed by atoms with Gasteiger partial charge in [-0.1, -0.05) is 152 Å². The Hall–Kier alpha value is -7.89. The Labute approximate surface area is 333 Å². The van der Waals surface area contributed by atoms with Crippen LogP contribution in [0.15, 0.2) is 200 Å². The quantitative estimate of drug-likeness (QED) is 0.165. The van der Waals surface area contributed by atoms with Gasteiger partial charge in [0.05, 0.1) is 27.6 Å². The van der Waals surface area contributed by atoms with Crippen molar-refractivity contribution in [2.75, 3.05) is 0 Å². The summed E-state index contributed by atoms with van der Waals surface area (Å²) in [7, 11) is 0. The fraction of sp³-hybridized carbons (Fsp3) is 0.